The molecule has 0 unspecified atom stereocenters. The Labute approximate surface area is 119 Å². The molecule has 0 radical (unpaired) electrons. The van der Waals surface area contributed by atoms with Crippen molar-refractivity contribution in [3.63, 3.8) is 0 Å². The standard InChI is InChI=1S/C15H22N2O3/c1-3-4-9-20-14-10-12(5-6-13(14)19-2)11-17-8-7-16-15(17)18/h5-6,10H,3-4,7-9,11H2,1-2H3,(H,16,18). The maximum absolute atomic E-state index is 11.6. The SMILES string of the molecule is CCCCOc1cc(CN2CCNC2=O)ccc1OC. The molecule has 0 spiro atoms. The van der Waals surface area contributed by atoms with E-state index >= 15 is 0 Å². The number of hydrogen-bond acceptors (Lipinski definition) is 3. The number of methoxy groups -OCH3 is 1. The van der Waals surface area contributed by atoms with Gasteiger partial charge in [-0.25, -0.2) is 4.79 Å². The van der Waals surface area contributed by atoms with Gasteiger partial charge in [-0.2, -0.15) is 0 Å². The van der Waals surface area contributed by atoms with Gasteiger partial charge in [-0.15, -0.1) is 0 Å². The Morgan fingerprint density at radius 2 is 2.20 bits per heavy atom. The van der Waals surface area contributed by atoms with E-state index in [9.17, 15) is 4.79 Å². The largest absolute Gasteiger partial charge is 0.493 e. The molecule has 1 saturated heterocycles. The van der Waals surface area contributed by atoms with Gasteiger partial charge < -0.3 is 19.7 Å². The van der Waals surface area contributed by atoms with E-state index in [1.807, 2.05) is 18.2 Å². The molecular weight excluding hydrogens is 256 g/mol. The third kappa shape index (κ3) is 3.56. The second kappa shape index (κ2) is 7.03. The highest BCUT2D eigenvalue weighted by Crippen LogP contribution is 2.29. The maximum Gasteiger partial charge on any atom is 0.317 e. The van der Waals surface area contributed by atoms with Crippen LogP contribution < -0.4 is 14.8 Å². The second-order valence-corrected chi connectivity index (χ2v) is 4.84. The summed E-state index contributed by atoms with van der Waals surface area (Å²) in [5.74, 6) is 1.48. The molecule has 2 amide bonds. The molecule has 1 aliphatic heterocycles. The minimum Gasteiger partial charge on any atom is -0.493 e. The number of ether oxygens (including phenoxy) is 2. The Kier molecular flexibility index (Phi) is 5.09. The summed E-state index contributed by atoms with van der Waals surface area (Å²) < 4.78 is 11.1. The van der Waals surface area contributed by atoms with Crippen molar-refractivity contribution in [3.8, 4) is 11.5 Å². The molecule has 5 heteroatoms. The summed E-state index contributed by atoms with van der Waals surface area (Å²) >= 11 is 0. The molecule has 1 aromatic carbocycles. The lowest BCUT2D eigenvalue weighted by molar-refractivity contribution is 0.215. The fourth-order valence-electron chi connectivity index (χ4n) is 2.14. The number of hydrogen-bond donors (Lipinski definition) is 1. The molecule has 5 nitrogen and oxygen atoms in total. The number of amides is 2. The quantitative estimate of drug-likeness (QED) is 0.779. The highest BCUT2D eigenvalue weighted by Gasteiger charge is 2.19. The zero-order valence-corrected chi connectivity index (χ0v) is 12.1. The summed E-state index contributed by atoms with van der Waals surface area (Å²) in [4.78, 5) is 13.3. The first-order chi connectivity index (χ1) is 9.74. The molecule has 1 heterocycles. The van der Waals surface area contributed by atoms with E-state index < -0.39 is 0 Å². The summed E-state index contributed by atoms with van der Waals surface area (Å²) in [6.45, 7) is 4.87. The van der Waals surface area contributed by atoms with Crippen LogP contribution in [0, 0.1) is 0 Å². The summed E-state index contributed by atoms with van der Waals surface area (Å²) in [6.07, 6.45) is 2.11. The van der Waals surface area contributed by atoms with Gasteiger partial charge in [-0.1, -0.05) is 19.4 Å². The predicted octanol–water partition coefficient (Wildman–Crippen LogP) is 2.40. The smallest absolute Gasteiger partial charge is 0.317 e. The molecule has 110 valence electrons. The average molecular weight is 278 g/mol. The number of carbonyl (C=O) groups is 1. The number of nitrogens with one attached hydrogen (secondary N) is 1. The zero-order chi connectivity index (χ0) is 14.4. The molecule has 1 aromatic rings. The van der Waals surface area contributed by atoms with Crippen LogP contribution in [-0.2, 0) is 6.54 Å². The van der Waals surface area contributed by atoms with Crippen LogP contribution in [0.4, 0.5) is 4.79 Å². The van der Waals surface area contributed by atoms with E-state index in [4.69, 9.17) is 9.47 Å². The van der Waals surface area contributed by atoms with Crippen LogP contribution in [-0.4, -0.2) is 37.7 Å². The number of unbranched alkanes of at least 4 members (excludes halogenated alkanes) is 1. The van der Waals surface area contributed by atoms with Crippen molar-refractivity contribution in [2.75, 3.05) is 26.8 Å². The fourth-order valence-corrected chi connectivity index (χ4v) is 2.14. The Morgan fingerprint density at radius 3 is 2.85 bits per heavy atom. The van der Waals surface area contributed by atoms with Crippen molar-refractivity contribution in [3.05, 3.63) is 23.8 Å². The van der Waals surface area contributed by atoms with E-state index in [2.05, 4.69) is 12.2 Å². The third-order valence-corrected chi connectivity index (χ3v) is 3.30. The third-order valence-electron chi connectivity index (χ3n) is 3.30. The van der Waals surface area contributed by atoms with Crippen molar-refractivity contribution in [1.82, 2.24) is 10.2 Å². The van der Waals surface area contributed by atoms with Gasteiger partial charge in [-0.3, -0.25) is 0 Å². The summed E-state index contributed by atoms with van der Waals surface area (Å²) in [7, 11) is 1.63. The molecule has 1 aliphatic rings. The Balaban J connectivity index is 2.05. The first kappa shape index (κ1) is 14.5. The highest BCUT2D eigenvalue weighted by atomic mass is 16.5. The van der Waals surface area contributed by atoms with E-state index in [1.165, 1.54) is 0 Å². The second-order valence-electron chi connectivity index (χ2n) is 4.84. The van der Waals surface area contributed by atoms with Crippen LogP contribution >= 0.6 is 0 Å². The number of rotatable bonds is 7. The maximum atomic E-state index is 11.6. The van der Waals surface area contributed by atoms with Crippen LogP contribution in [0.2, 0.25) is 0 Å². The zero-order valence-electron chi connectivity index (χ0n) is 12.1. The monoisotopic (exact) mass is 278 g/mol. The van der Waals surface area contributed by atoms with Crippen LogP contribution in [0.5, 0.6) is 11.5 Å². The van der Waals surface area contributed by atoms with Crippen molar-refractivity contribution < 1.29 is 14.3 Å². The van der Waals surface area contributed by atoms with Crippen molar-refractivity contribution in [2.45, 2.75) is 26.3 Å². The minimum absolute atomic E-state index is 0.00531. The summed E-state index contributed by atoms with van der Waals surface area (Å²) in [5.41, 5.74) is 1.05. The van der Waals surface area contributed by atoms with Gasteiger partial charge in [0, 0.05) is 19.6 Å². The molecule has 0 saturated carbocycles. The lowest BCUT2D eigenvalue weighted by Crippen LogP contribution is -2.27. The first-order valence-corrected chi connectivity index (χ1v) is 7.07. The van der Waals surface area contributed by atoms with Gasteiger partial charge in [0.15, 0.2) is 11.5 Å². The van der Waals surface area contributed by atoms with Gasteiger partial charge in [0.25, 0.3) is 0 Å². The van der Waals surface area contributed by atoms with Crippen LogP contribution in [0.25, 0.3) is 0 Å². The van der Waals surface area contributed by atoms with Crippen molar-refractivity contribution >= 4 is 6.03 Å². The molecule has 2 rings (SSSR count). The number of nitrogens with zero attached hydrogens (tertiary/aromatic N) is 1. The van der Waals surface area contributed by atoms with Gasteiger partial charge in [0.1, 0.15) is 0 Å². The minimum atomic E-state index is -0.00531. The Bertz CT molecular complexity index is 462. The van der Waals surface area contributed by atoms with E-state index in [-0.39, 0.29) is 6.03 Å². The molecular formula is C15H22N2O3. The van der Waals surface area contributed by atoms with Gasteiger partial charge in [0.2, 0.25) is 0 Å². The van der Waals surface area contributed by atoms with E-state index in [0.717, 1.165) is 43.0 Å². The van der Waals surface area contributed by atoms with Crippen molar-refractivity contribution in [2.24, 2.45) is 0 Å². The number of benzene rings is 1. The van der Waals surface area contributed by atoms with Crippen molar-refractivity contribution in [1.29, 1.82) is 0 Å². The number of urea groups is 1. The number of carbonyl (C=O) groups excluding carboxylic acids is 1. The van der Waals surface area contributed by atoms with Gasteiger partial charge >= 0.3 is 6.03 Å². The summed E-state index contributed by atoms with van der Waals surface area (Å²) in [6, 6.07) is 5.82. The molecule has 1 N–H and O–H groups in total. The normalized spacial score (nSPS) is 14.3. The average Bonchev–Trinajstić information content (AvgIpc) is 2.85. The topological polar surface area (TPSA) is 50.8 Å². The molecule has 0 bridgehead atoms. The van der Waals surface area contributed by atoms with Crippen LogP contribution in [0.3, 0.4) is 0 Å². The summed E-state index contributed by atoms with van der Waals surface area (Å²) in [5, 5.41) is 2.80. The molecule has 0 aromatic heterocycles. The van der Waals surface area contributed by atoms with Crippen LogP contribution in [0.1, 0.15) is 25.3 Å². The molecule has 1 fully saturated rings. The van der Waals surface area contributed by atoms with Crippen LogP contribution in [0.15, 0.2) is 18.2 Å². The van der Waals surface area contributed by atoms with Gasteiger partial charge in [-0.05, 0) is 24.1 Å². The Hall–Kier alpha value is -1.91. The lowest BCUT2D eigenvalue weighted by atomic mass is 10.2. The molecule has 0 aliphatic carbocycles. The molecule has 0 atom stereocenters. The van der Waals surface area contributed by atoms with Gasteiger partial charge in [0.05, 0.1) is 13.7 Å². The predicted molar refractivity (Wildman–Crippen MR) is 77.2 cm³/mol. The molecule has 20 heavy (non-hydrogen) atoms. The fraction of sp³-hybridized carbons (Fsp3) is 0.533. The van der Waals surface area contributed by atoms with E-state index in [0.29, 0.717) is 13.2 Å². The first-order valence-electron chi connectivity index (χ1n) is 7.07. The lowest BCUT2D eigenvalue weighted by Gasteiger charge is -2.16. The van der Waals surface area contributed by atoms with E-state index in [1.54, 1.807) is 12.0 Å². The highest BCUT2D eigenvalue weighted by molar-refractivity contribution is 5.76. The Morgan fingerprint density at radius 1 is 1.35 bits per heavy atom.